The monoisotopic (exact) mass is 447 g/mol. The lowest BCUT2D eigenvalue weighted by atomic mass is 10.1. The van der Waals surface area contributed by atoms with Gasteiger partial charge in [0.2, 0.25) is 5.91 Å². The molecule has 5 atom stereocenters. The van der Waals surface area contributed by atoms with Crippen LogP contribution >= 0.6 is 6.72 Å². The Morgan fingerprint density at radius 1 is 1.21 bits per heavy atom. The standard InChI is InChI=1S/C18H26NO8PS/c1-12(20)19-15-9-14(16(17(15)23-2)27-28(22,29)24-3)11-26-18(21)25-10-13-7-5-4-6-8-13/h4-8,14-17H,9-11H2,1-3H3,(H,19,20)(H,22,29)/t14-,15+,16+,17?,28?/m1/s1. The van der Waals surface area contributed by atoms with E-state index in [9.17, 15) is 14.5 Å². The number of ether oxygens (including phenoxy) is 3. The van der Waals surface area contributed by atoms with E-state index < -0.39 is 37.0 Å². The summed E-state index contributed by atoms with van der Waals surface area (Å²) >= 11 is 4.94. The van der Waals surface area contributed by atoms with Crippen molar-refractivity contribution in [1.82, 2.24) is 5.32 Å². The van der Waals surface area contributed by atoms with E-state index in [0.29, 0.717) is 6.42 Å². The molecule has 0 aromatic heterocycles. The quantitative estimate of drug-likeness (QED) is 0.434. The van der Waals surface area contributed by atoms with Crippen LogP contribution in [0.15, 0.2) is 30.3 Å². The maximum atomic E-state index is 12.0. The van der Waals surface area contributed by atoms with Crippen LogP contribution in [-0.2, 0) is 46.5 Å². The predicted molar refractivity (Wildman–Crippen MR) is 107 cm³/mol. The number of methoxy groups -OCH3 is 1. The van der Waals surface area contributed by atoms with E-state index >= 15 is 0 Å². The Morgan fingerprint density at radius 3 is 2.48 bits per heavy atom. The van der Waals surface area contributed by atoms with Gasteiger partial charge in [0, 0.05) is 27.1 Å². The van der Waals surface area contributed by atoms with Gasteiger partial charge in [0.25, 0.3) is 0 Å². The zero-order valence-electron chi connectivity index (χ0n) is 16.5. The van der Waals surface area contributed by atoms with Gasteiger partial charge in [-0.3, -0.25) is 4.79 Å². The average molecular weight is 447 g/mol. The largest absolute Gasteiger partial charge is 0.508 e. The van der Waals surface area contributed by atoms with Crippen LogP contribution in [-0.4, -0.2) is 56.0 Å². The summed E-state index contributed by atoms with van der Waals surface area (Å²) in [7, 11) is 2.70. The van der Waals surface area contributed by atoms with Crippen molar-refractivity contribution in [1.29, 1.82) is 0 Å². The Balaban J connectivity index is 1.99. The zero-order valence-corrected chi connectivity index (χ0v) is 18.2. The van der Waals surface area contributed by atoms with E-state index in [1.54, 1.807) is 0 Å². The first-order valence-electron chi connectivity index (χ1n) is 8.96. The van der Waals surface area contributed by atoms with E-state index in [1.807, 2.05) is 30.3 Å². The fraction of sp³-hybridized carbons (Fsp3) is 0.556. The molecule has 2 N–H and O–H groups in total. The molecule has 0 heterocycles. The SMILES string of the molecule is COC1[C@@H](NC(C)=O)C[C@H](COC(=O)OCc2ccccc2)[C@@H]1OP(O)(=S)OC. The van der Waals surface area contributed by atoms with Crippen LogP contribution in [0, 0.1) is 5.92 Å². The van der Waals surface area contributed by atoms with Crippen molar-refractivity contribution in [2.24, 2.45) is 5.92 Å². The van der Waals surface area contributed by atoms with Gasteiger partial charge in [-0.15, -0.1) is 0 Å². The molecule has 0 aliphatic heterocycles. The summed E-state index contributed by atoms with van der Waals surface area (Å²) in [6.45, 7) is -2.09. The van der Waals surface area contributed by atoms with Crippen LogP contribution in [0.3, 0.4) is 0 Å². The van der Waals surface area contributed by atoms with Crippen LogP contribution in [0.1, 0.15) is 18.9 Å². The minimum absolute atomic E-state index is 0.0622. The summed E-state index contributed by atoms with van der Waals surface area (Å²) in [4.78, 5) is 33.5. The highest BCUT2D eigenvalue weighted by Gasteiger charge is 2.47. The molecule has 1 aliphatic rings. The Kier molecular flexibility index (Phi) is 9.01. The molecule has 1 aromatic carbocycles. The fourth-order valence-electron chi connectivity index (χ4n) is 3.23. The molecule has 2 unspecified atom stereocenters. The number of amides is 1. The van der Waals surface area contributed by atoms with Gasteiger partial charge in [0.15, 0.2) is 0 Å². The number of hydrogen-bond donors (Lipinski definition) is 2. The van der Waals surface area contributed by atoms with Gasteiger partial charge in [-0.05, 0) is 23.8 Å². The third-order valence-electron chi connectivity index (χ3n) is 4.50. The Morgan fingerprint density at radius 2 is 1.90 bits per heavy atom. The second-order valence-electron chi connectivity index (χ2n) is 6.56. The molecule has 1 amide bonds. The molecule has 0 radical (unpaired) electrons. The van der Waals surface area contributed by atoms with E-state index in [-0.39, 0.29) is 19.1 Å². The summed E-state index contributed by atoms with van der Waals surface area (Å²) < 4.78 is 26.2. The predicted octanol–water partition coefficient (Wildman–Crippen LogP) is 2.13. The van der Waals surface area contributed by atoms with E-state index in [0.717, 1.165) is 5.56 Å². The number of nitrogens with one attached hydrogen (secondary N) is 1. The molecule has 0 spiro atoms. The Bertz CT molecular complexity index is 734. The van der Waals surface area contributed by atoms with Gasteiger partial charge in [-0.25, -0.2) is 4.79 Å². The van der Waals surface area contributed by atoms with Crippen LogP contribution < -0.4 is 5.32 Å². The minimum Gasteiger partial charge on any atom is -0.434 e. The van der Waals surface area contributed by atoms with Gasteiger partial charge in [-0.2, -0.15) is 0 Å². The Hall–Kier alpha value is -1.55. The molecule has 0 bridgehead atoms. The second kappa shape index (κ2) is 11.0. The van der Waals surface area contributed by atoms with Crippen LogP contribution in [0.2, 0.25) is 0 Å². The lowest BCUT2D eigenvalue weighted by molar-refractivity contribution is -0.120. The Labute approximate surface area is 174 Å². The highest BCUT2D eigenvalue weighted by atomic mass is 32.5. The average Bonchev–Trinajstić information content (AvgIpc) is 3.00. The number of benzene rings is 1. The zero-order chi connectivity index (χ0) is 21.4. The molecular weight excluding hydrogens is 421 g/mol. The lowest BCUT2D eigenvalue weighted by Gasteiger charge is -2.28. The maximum Gasteiger partial charge on any atom is 0.508 e. The van der Waals surface area contributed by atoms with E-state index in [2.05, 4.69) is 5.32 Å². The van der Waals surface area contributed by atoms with Gasteiger partial charge in [0.1, 0.15) is 25.4 Å². The van der Waals surface area contributed by atoms with Crippen molar-refractivity contribution in [2.75, 3.05) is 20.8 Å². The molecular formula is C18H26NO8PS. The molecule has 1 aromatic rings. The highest BCUT2D eigenvalue weighted by Crippen LogP contribution is 2.48. The fourth-order valence-corrected chi connectivity index (χ4v) is 4.22. The molecule has 1 saturated carbocycles. The maximum absolute atomic E-state index is 12.0. The van der Waals surface area contributed by atoms with E-state index in [4.69, 9.17) is 35.1 Å². The first-order chi connectivity index (χ1) is 13.8. The lowest BCUT2D eigenvalue weighted by Crippen LogP contribution is -2.44. The molecule has 0 saturated heterocycles. The smallest absolute Gasteiger partial charge is 0.434 e. The topological polar surface area (TPSA) is 113 Å². The van der Waals surface area contributed by atoms with Gasteiger partial charge < -0.3 is 33.5 Å². The van der Waals surface area contributed by atoms with Crippen molar-refractivity contribution >= 4 is 30.6 Å². The highest BCUT2D eigenvalue weighted by molar-refractivity contribution is 8.07. The molecule has 11 heteroatoms. The molecule has 29 heavy (non-hydrogen) atoms. The molecule has 1 aliphatic carbocycles. The van der Waals surface area contributed by atoms with Crippen molar-refractivity contribution < 1.29 is 37.7 Å². The van der Waals surface area contributed by atoms with Crippen LogP contribution in [0.5, 0.6) is 0 Å². The summed E-state index contributed by atoms with van der Waals surface area (Å²) in [6.07, 6.45) is -1.78. The van der Waals surface area contributed by atoms with E-state index in [1.165, 1.54) is 21.1 Å². The normalized spacial score (nSPS) is 25.8. The third kappa shape index (κ3) is 7.33. The first-order valence-corrected chi connectivity index (χ1v) is 11.5. The summed E-state index contributed by atoms with van der Waals surface area (Å²) in [5.74, 6) is -0.638. The minimum atomic E-state index is -3.50. The van der Waals surface area contributed by atoms with Crippen LogP contribution in [0.4, 0.5) is 4.79 Å². The molecule has 9 nitrogen and oxygen atoms in total. The van der Waals surface area contributed by atoms with Crippen molar-refractivity contribution in [3.63, 3.8) is 0 Å². The van der Waals surface area contributed by atoms with Gasteiger partial charge in [0.05, 0.1) is 6.04 Å². The molecule has 2 rings (SSSR count). The molecule has 1 fully saturated rings. The number of carbonyl (C=O) groups is 2. The summed E-state index contributed by atoms with van der Waals surface area (Å²) in [5.41, 5.74) is 0.831. The summed E-state index contributed by atoms with van der Waals surface area (Å²) in [5, 5.41) is 2.78. The first kappa shape index (κ1) is 23.7. The number of carbonyl (C=O) groups excluding carboxylic acids is 2. The van der Waals surface area contributed by atoms with Crippen molar-refractivity contribution in [2.45, 2.75) is 38.2 Å². The van der Waals surface area contributed by atoms with Crippen molar-refractivity contribution in [3.05, 3.63) is 35.9 Å². The molecule has 162 valence electrons. The summed E-state index contributed by atoms with van der Waals surface area (Å²) in [6, 6.07) is 8.80. The third-order valence-corrected chi connectivity index (χ3v) is 6.18. The second-order valence-corrected chi connectivity index (χ2v) is 9.46. The van der Waals surface area contributed by atoms with Crippen molar-refractivity contribution in [3.8, 4) is 0 Å². The van der Waals surface area contributed by atoms with Crippen LogP contribution in [0.25, 0.3) is 0 Å². The van der Waals surface area contributed by atoms with Gasteiger partial charge >= 0.3 is 12.9 Å². The number of hydrogen-bond acceptors (Lipinski definition) is 8. The number of rotatable bonds is 9. The van der Waals surface area contributed by atoms with Gasteiger partial charge in [-0.1, -0.05) is 30.3 Å².